The Morgan fingerprint density at radius 2 is 1.70 bits per heavy atom. The minimum Gasteiger partial charge on any atom is -0.495 e. The van der Waals surface area contributed by atoms with Gasteiger partial charge in [-0.25, -0.2) is 18.4 Å². The van der Waals surface area contributed by atoms with E-state index in [1.807, 2.05) is 22.9 Å². The highest BCUT2D eigenvalue weighted by Crippen LogP contribution is 2.31. The smallest absolute Gasteiger partial charge is 0.150 e. The number of rotatable bonds is 3. The summed E-state index contributed by atoms with van der Waals surface area (Å²) >= 11 is 6.69. The van der Waals surface area contributed by atoms with E-state index in [1.54, 1.807) is 26.5 Å². The Bertz CT molecular complexity index is 1140. The minimum atomic E-state index is -2.83. The fourth-order valence-electron chi connectivity index (χ4n) is 3.14. The van der Waals surface area contributed by atoms with Crippen LogP contribution in [0.4, 0.5) is 5.82 Å². The van der Waals surface area contributed by atoms with Crippen LogP contribution in [0.25, 0.3) is 5.65 Å². The number of hydrogen-bond acceptors (Lipinski definition) is 7. The number of fused-ring (bicyclic) bond motifs is 1. The molecule has 0 aliphatic carbocycles. The number of imidazole rings is 1. The Balaban J connectivity index is 0.000000216. The first-order valence-electron chi connectivity index (χ1n) is 9.10. The molecule has 3 aromatic rings. The normalized spacial score (nSPS) is 16.0. The van der Waals surface area contributed by atoms with Gasteiger partial charge in [-0.05, 0) is 44.7 Å². The molecule has 3 aromatic heterocycles. The number of anilines is 1. The molecule has 1 aliphatic rings. The van der Waals surface area contributed by atoms with Crippen LogP contribution in [0, 0.1) is 0 Å². The average Bonchev–Trinajstić information content (AvgIpc) is 3.12. The first-order chi connectivity index (χ1) is 14.2. The first-order valence-corrected chi connectivity index (χ1v) is 12.5. The number of hydrogen-bond donors (Lipinski definition) is 1. The molecule has 1 aliphatic heterocycles. The molecule has 0 aromatic carbocycles. The zero-order valence-electron chi connectivity index (χ0n) is 16.5. The zero-order valence-corrected chi connectivity index (χ0v) is 20.5. The molecule has 0 unspecified atom stereocenters. The third-order valence-corrected chi connectivity index (χ3v) is 7.69. The van der Waals surface area contributed by atoms with Gasteiger partial charge in [0, 0.05) is 36.6 Å². The van der Waals surface area contributed by atoms with Crippen molar-refractivity contribution in [3.8, 4) is 11.5 Å². The molecule has 4 rings (SSSR count). The molecule has 2 N–H and O–H groups in total. The number of pyridine rings is 2. The number of aromatic nitrogens is 3. The van der Waals surface area contributed by atoms with Crippen molar-refractivity contribution >= 4 is 53.2 Å². The van der Waals surface area contributed by atoms with E-state index in [0.717, 1.165) is 26.0 Å². The number of nitrogen functional groups attached to an aromatic ring is 1. The van der Waals surface area contributed by atoms with Crippen LogP contribution in [0.5, 0.6) is 11.5 Å². The minimum absolute atomic E-state index is 0.225. The standard InChI is InChI=1S/C13H15BrN2O3S.C6H7BrN2O/c1-19-12-6-13-15-11(8-16(13)7-10(12)14)9-2-4-20(17,18)5-3-9;1-10-5-2-6(8)9-3-4(5)7/h6-9H,2-5H2,1H3;2-3H,1H3,(H2,8,9). The Morgan fingerprint density at radius 3 is 2.30 bits per heavy atom. The first kappa shape index (κ1) is 22.8. The highest BCUT2D eigenvalue weighted by atomic mass is 79.9. The summed E-state index contributed by atoms with van der Waals surface area (Å²) in [5.41, 5.74) is 7.16. The second-order valence-electron chi connectivity index (χ2n) is 6.79. The lowest BCUT2D eigenvalue weighted by molar-refractivity contribution is 0.411. The van der Waals surface area contributed by atoms with Crippen LogP contribution in [-0.2, 0) is 9.84 Å². The molecule has 162 valence electrons. The van der Waals surface area contributed by atoms with E-state index < -0.39 is 9.84 Å². The maximum atomic E-state index is 11.5. The van der Waals surface area contributed by atoms with Crippen molar-refractivity contribution < 1.29 is 17.9 Å². The van der Waals surface area contributed by atoms with Crippen molar-refractivity contribution in [2.24, 2.45) is 0 Å². The quantitative estimate of drug-likeness (QED) is 0.517. The van der Waals surface area contributed by atoms with Gasteiger partial charge in [0.2, 0.25) is 0 Å². The summed E-state index contributed by atoms with van der Waals surface area (Å²) in [5.74, 6) is 2.65. The van der Waals surface area contributed by atoms with E-state index >= 15 is 0 Å². The second-order valence-corrected chi connectivity index (χ2v) is 10.8. The lowest BCUT2D eigenvalue weighted by Crippen LogP contribution is -2.22. The Hall–Kier alpha value is -1.85. The molecule has 8 nitrogen and oxygen atoms in total. The summed E-state index contributed by atoms with van der Waals surface area (Å²) < 4.78 is 36.8. The molecule has 4 heterocycles. The van der Waals surface area contributed by atoms with Gasteiger partial charge in [-0.3, -0.25) is 0 Å². The van der Waals surface area contributed by atoms with Gasteiger partial charge < -0.3 is 19.6 Å². The highest BCUT2D eigenvalue weighted by molar-refractivity contribution is 9.10. The molecule has 1 saturated heterocycles. The molecule has 1 fully saturated rings. The van der Waals surface area contributed by atoms with E-state index in [9.17, 15) is 8.42 Å². The van der Waals surface area contributed by atoms with Gasteiger partial charge in [0.05, 0.1) is 40.4 Å². The molecule has 0 spiro atoms. The van der Waals surface area contributed by atoms with Crippen LogP contribution in [0.15, 0.2) is 39.7 Å². The lowest BCUT2D eigenvalue weighted by Gasteiger charge is -2.19. The molecule has 0 saturated carbocycles. The fraction of sp³-hybridized carbons (Fsp3) is 0.368. The van der Waals surface area contributed by atoms with Crippen molar-refractivity contribution in [3.05, 3.63) is 45.4 Å². The van der Waals surface area contributed by atoms with Gasteiger partial charge in [-0.1, -0.05) is 0 Å². The van der Waals surface area contributed by atoms with Crippen molar-refractivity contribution in [3.63, 3.8) is 0 Å². The van der Waals surface area contributed by atoms with Crippen LogP contribution >= 0.6 is 31.9 Å². The number of halogens is 2. The predicted octanol–water partition coefficient (Wildman–Crippen LogP) is 3.83. The molecule has 0 bridgehead atoms. The number of nitrogens with two attached hydrogens (primary N) is 1. The maximum absolute atomic E-state index is 11.5. The van der Waals surface area contributed by atoms with E-state index in [2.05, 4.69) is 41.8 Å². The molecule has 0 atom stereocenters. The third-order valence-electron chi connectivity index (χ3n) is 4.78. The van der Waals surface area contributed by atoms with Gasteiger partial charge >= 0.3 is 0 Å². The zero-order chi connectivity index (χ0) is 21.9. The van der Waals surface area contributed by atoms with Crippen molar-refractivity contribution in [1.29, 1.82) is 0 Å². The number of ether oxygens (including phenoxy) is 2. The van der Waals surface area contributed by atoms with Crippen LogP contribution in [0.2, 0.25) is 0 Å². The molecular formula is C19H22Br2N4O4S. The second kappa shape index (κ2) is 9.52. The van der Waals surface area contributed by atoms with Crippen molar-refractivity contribution in [1.82, 2.24) is 14.4 Å². The monoisotopic (exact) mass is 560 g/mol. The van der Waals surface area contributed by atoms with Crippen molar-refractivity contribution in [2.75, 3.05) is 31.5 Å². The van der Waals surface area contributed by atoms with Crippen LogP contribution < -0.4 is 15.2 Å². The molecule has 0 radical (unpaired) electrons. The summed E-state index contributed by atoms with van der Waals surface area (Å²) in [7, 11) is 0.367. The number of nitrogens with zero attached hydrogens (tertiary/aromatic N) is 3. The molecule has 0 amide bonds. The molecular weight excluding hydrogens is 540 g/mol. The third kappa shape index (κ3) is 5.44. The largest absolute Gasteiger partial charge is 0.495 e. The maximum Gasteiger partial charge on any atom is 0.150 e. The van der Waals surface area contributed by atoms with E-state index in [0.29, 0.717) is 24.4 Å². The van der Waals surface area contributed by atoms with Gasteiger partial charge in [0.1, 0.15) is 32.8 Å². The van der Waals surface area contributed by atoms with E-state index in [-0.39, 0.29) is 17.4 Å². The van der Waals surface area contributed by atoms with Crippen LogP contribution in [0.1, 0.15) is 24.5 Å². The van der Waals surface area contributed by atoms with Crippen LogP contribution in [-0.4, -0.2) is 48.5 Å². The molecule has 11 heteroatoms. The van der Waals surface area contributed by atoms with Gasteiger partial charge in [-0.2, -0.15) is 0 Å². The highest BCUT2D eigenvalue weighted by Gasteiger charge is 2.26. The van der Waals surface area contributed by atoms with E-state index in [1.165, 1.54) is 0 Å². The average molecular weight is 562 g/mol. The predicted molar refractivity (Wildman–Crippen MR) is 123 cm³/mol. The summed E-state index contributed by atoms with van der Waals surface area (Å²) in [4.78, 5) is 8.44. The summed E-state index contributed by atoms with van der Waals surface area (Å²) in [6.07, 6.45) is 6.80. The van der Waals surface area contributed by atoms with Crippen LogP contribution in [0.3, 0.4) is 0 Å². The van der Waals surface area contributed by atoms with Gasteiger partial charge in [0.15, 0.2) is 0 Å². The number of methoxy groups -OCH3 is 2. The summed E-state index contributed by atoms with van der Waals surface area (Å²) in [6.45, 7) is 0. The Kier molecular flexibility index (Phi) is 7.25. The van der Waals surface area contributed by atoms with Gasteiger partial charge in [-0.15, -0.1) is 0 Å². The van der Waals surface area contributed by atoms with Crippen molar-refractivity contribution in [2.45, 2.75) is 18.8 Å². The Morgan fingerprint density at radius 1 is 1.07 bits per heavy atom. The SMILES string of the molecule is COc1cc(N)ncc1Br.COc1cc2nc(C3CCS(=O)(=O)CC3)cn2cc1Br. The Labute approximate surface area is 192 Å². The molecule has 30 heavy (non-hydrogen) atoms. The fourth-order valence-corrected chi connectivity index (χ4v) is 5.51. The summed E-state index contributed by atoms with van der Waals surface area (Å²) in [6, 6.07) is 3.53. The number of sulfone groups is 1. The van der Waals surface area contributed by atoms with E-state index in [4.69, 9.17) is 15.2 Å². The van der Waals surface area contributed by atoms with Gasteiger partial charge in [0.25, 0.3) is 0 Å². The lowest BCUT2D eigenvalue weighted by atomic mass is 10.00. The topological polar surface area (TPSA) is 109 Å². The summed E-state index contributed by atoms with van der Waals surface area (Å²) in [5, 5.41) is 0.